The third-order valence-electron chi connectivity index (χ3n) is 2.98. The molecule has 1 aromatic rings. The third kappa shape index (κ3) is 2.31. The van der Waals surface area contributed by atoms with Crippen LogP contribution in [0.5, 0.6) is 0 Å². The van der Waals surface area contributed by atoms with Gasteiger partial charge in [-0.1, -0.05) is 33.8 Å². The second kappa shape index (κ2) is 4.77. The van der Waals surface area contributed by atoms with E-state index >= 15 is 0 Å². The molecule has 0 fully saturated rings. The zero-order valence-electron chi connectivity index (χ0n) is 11.3. The molecule has 0 heterocycles. The SMILES string of the molecule is CC(C)c1ccc(N(C)C)c(C(C)C)c1N. The molecule has 1 aromatic carbocycles. The van der Waals surface area contributed by atoms with Gasteiger partial charge in [-0.25, -0.2) is 0 Å². The lowest BCUT2D eigenvalue weighted by molar-refractivity contribution is 0.835. The topological polar surface area (TPSA) is 29.3 Å². The van der Waals surface area contributed by atoms with Crippen LogP contribution in [-0.2, 0) is 0 Å². The molecule has 0 aliphatic carbocycles. The lowest BCUT2D eigenvalue weighted by Gasteiger charge is -2.24. The van der Waals surface area contributed by atoms with Crippen LogP contribution in [0.15, 0.2) is 12.1 Å². The van der Waals surface area contributed by atoms with Gasteiger partial charge in [-0.05, 0) is 23.5 Å². The van der Waals surface area contributed by atoms with Gasteiger partial charge in [0.15, 0.2) is 0 Å². The van der Waals surface area contributed by atoms with Gasteiger partial charge in [-0.2, -0.15) is 0 Å². The van der Waals surface area contributed by atoms with Crippen LogP contribution >= 0.6 is 0 Å². The van der Waals surface area contributed by atoms with Crippen molar-refractivity contribution in [3.05, 3.63) is 23.3 Å². The van der Waals surface area contributed by atoms with Crippen LogP contribution in [0, 0.1) is 0 Å². The van der Waals surface area contributed by atoms with Crippen molar-refractivity contribution in [3.63, 3.8) is 0 Å². The Morgan fingerprint density at radius 3 is 1.94 bits per heavy atom. The second-order valence-electron chi connectivity index (χ2n) is 5.21. The molecule has 0 radical (unpaired) electrons. The molecular weight excluding hydrogens is 196 g/mol. The van der Waals surface area contributed by atoms with E-state index in [2.05, 4.69) is 58.8 Å². The maximum Gasteiger partial charge on any atom is 0.0417 e. The van der Waals surface area contributed by atoms with Gasteiger partial charge in [0.05, 0.1) is 0 Å². The highest BCUT2D eigenvalue weighted by Gasteiger charge is 2.16. The van der Waals surface area contributed by atoms with Gasteiger partial charge in [-0.3, -0.25) is 0 Å². The van der Waals surface area contributed by atoms with Gasteiger partial charge in [0.2, 0.25) is 0 Å². The fraction of sp³-hybridized carbons (Fsp3) is 0.571. The normalized spacial score (nSPS) is 11.2. The Morgan fingerprint density at radius 1 is 1.00 bits per heavy atom. The molecule has 0 spiro atoms. The Bertz CT molecular complexity index is 365. The van der Waals surface area contributed by atoms with Crippen molar-refractivity contribution in [1.29, 1.82) is 0 Å². The van der Waals surface area contributed by atoms with Gasteiger partial charge in [0.25, 0.3) is 0 Å². The highest BCUT2D eigenvalue weighted by molar-refractivity contribution is 5.69. The van der Waals surface area contributed by atoms with Crippen LogP contribution in [0.4, 0.5) is 11.4 Å². The Balaban J connectivity index is 3.42. The molecule has 0 saturated carbocycles. The summed E-state index contributed by atoms with van der Waals surface area (Å²) in [6, 6.07) is 4.34. The van der Waals surface area contributed by atoms with Crippen molar-refractivity contribution in [2.45, 2.75) is 39.5 Å². The summed E-state index contributed by atoms with van der Waals surface area (Å²) in [5.41, 5.74) is 11.0. The van der Waals surface area contributed by atoms with Crippen LogP contribution in [-0.4, -0.2) is 14.1 Å². The molecule has 2 N–H and O–H groups in total. The number of hydrogen-bond donors (Lipinski definition) is 1. The van der Waals surface area contributed by atoms with Gasteiger partial charge < -0.3 is 10.6 Å². The Kier molecular flexibility index (Phi) is 3.84. The molecule has 90 valence electrons. The largest absolute Gasteiger partial charge is 0.398 e. The van der Waals surface area contributed by atoms with Gasteiger partial charge >= 0.3 is 0 Å². The summed E-state index contributed by atoms with van der Waals surface area (Å²) in [6.45, 7) is 8.77. The van der Waals surface area contributed by atoms with E-state index in [1.807, 2.05) is 0 Å². The fourth-order valence-electron chi connectivity index (χ4n) is 2.14. The van der Waals surface area contributed by atoms with E-state index in [1.54, 1.807) is 0 Å². The van der Waals surface area contributed by atoms with Crippen molar-refractivity contribution < 1.29 is 0 Å². The number of nitrogen functional groups attached to an aromatic ring is 1. The predicted molar refractivity (Wildman–Crippen MR) is 73.4 cm³/mol. The van der Waals surface area contributed by atoms with E-state index in [0.717, 1.165) is 5.69 Å². The average molecular weight is 220 g/mol. The molecule has 0 amide bonds. The molecule has 0 saturated heterocycles. The van der Waals surface area contributed by atoms with Crippen molar-refractivity contribution in [1.82, 2.24) is 0 Å². The molecule has 2 heteroatoms. The smallest absolute Gasteiger partial charge is 0.0417 e. The van der Waals surface area contributed by atoms with Crippen LogP contribution in [0.3, 0.4) is 0 Å². The zero-order valence-corrected chi connectivity index (χ0v) is 11.3. The summed E-state index contributed by atoms with van der Waals surface area (Å²) >= 11 is 0. The summed E-state index contributed by atoms with van der Waals surface area (Å²) in [5.74, 6) is 0.935. The molecule has 16 heavy (non-hydrogen) atoms. The minimum atomic E-state index is 0.455. The highest BCUT2D eigenvalue weighted by Crippen LogP contribution is 2.36. The quantitative estimate of drug-likeness (QED) is 0.789. The van der Waals surface area contributed by atoms with Crippen LogP contribution in [0.1, 0.15) is 50.7 Å². The maximum atomic E-state index is 6.30. The number of nitrogens with two attached hydrogens (primary N) is 1. The third-order valence-corrected chi connectivity index (χ3v) is 2.98. The van der Waals surface area contributed by atoms with E-state index in [9.17, 15) is 0 Å². The van der Waals surface area contributed by atoms with Gasteiger partial charge in [-0.15, -0.1) is 0 Å². The summed E-state index contributed by atoms with van der Waals surface area (Å²) in [5, 5.41) is 0. The Morgan fingerprint density at radius 2 is 1.56 bits per heavy atom. The number of nitrogens with zero attached hydrogens (tertiary/aromatic N) is 1. The van der Waals surface area contributed by atoms with Gasteiger partial charge in [0, 0.05) is 31.0 Å². The first-order valence-electron chi connectivity index (χ1n) is 5.95. The maximum absolute atomic E-state index is 6.30. The molecule has 2 nitrogen and oxygen atoms in total. The van der Waals surface area contributed by atoms with E-state index < -0.39 is 0 Å². The van der Waals surface area contributed by atoms with Crippen molar-refractivity contribution >= 4 is 11.4 Å². The first-order valence-corrected chi connectivity index (χ1v) is 5.95. The number of benzene rings is 1. The predicted octanol–water partition coefficient (Wildman–Crippen LogP) is 3.58. The summed E-state index contributed by atoms with van der Waals surface area (Å²) in [7, 11) is 4.13. The molecular formula is C14H24N2. The summed E-state index contributed by atoms with van der Waals surface area (Å²) < 4.78 is 0. The molecule has 0 aliphatic heterocycles. The Hall–Kier alpha value is -1.18. The highest BCUT2D eigenvalue weighted by atomic mass is 15.1. The number of hydrogen-bond acceptors (Lipinski definition) is 2. The molecule has 0 atom stereocenters. The zero-order chi connectivity index (χ0) is 12.5. The minimum Gasteiger partial charge on any atom is -0.398 e. The first kappa shape index (κ1) is 12.9. The Labute approximate surface area is 99.5 Å². The molecule has 0 unspecified atom stereocenters. The van der Waals surface area contributed by atoms with Crippen molar-refractivity contribution in [2.24, 2.45) is 0 Å². The van der Waals surface area contributed by atoms with E-state index in [4.69, 9.17) is 5.73 Å². The summed E-state index contributed by atoms with van der Waals surface area (Å²) in [6.07, 6.45) is 0. The lowest BCUT2D eigenvalue weighted by Crippen LogP contribution is -2.14. The molecule has 0 aromatic heterocycles. The lowest BCUT2D eigenvalue weighted by atomic mass is 9.91. The van der Waals surface area contributed by atoms with Crippen LogP contribution < -0.4 is 10.6 Å². The number of rotatable bonds is 3. The monoisotopic (exact) mass is 220 g/mol. The van der Waals surface area contributed by atoms with Crippen molar-refractivity contribution in [3.8, 4) is 0 Å². The molecule has 0 bridgehead atoms. The second-order valence-corrected chi connectivity index (χ2v) is 5.21. The molecule has 0 aliphatic rings. The van der Waals surface area contributed by atoms with Crippen LogP contribution in [0.25, 0.3) is 0 Å². The van der Waals surface area contributed by atoms with Crippen LogP contribution in [0.2, 0.25) is 0 Å². The van der Waals surface area contributed by atoms with E-state index in [1.165, 1.54) is 16.8 Å². The fourth-order valence-corrected chi connectivity index (χ4v) is 2.14. The number of anilines is 2. The summed E-state index contributed by atoms with van der Waals surface area (Å²) in [4.78, 5) is 2.13. The minimum absolute atomic E-state index is 0.455. The van der Waals surface area contributed by atoms with Gasteiger partial charge in [0.1, 0.15) is 0 Å². The molecule has 1 rings (SSSR count). The van der Waals surface area contributed by atoms with E-state index in [0.29, 0.717) is 11.8 Å². The standard InChI is InChI=1S/C14H24N2/c1-9(2)11-7-8-12(16(5)6)13(10(3)4)14(11)15/h7-10H,15H2,1-6H3. The van der Waals surface area contributed by atoms with Crippen molar-refractivity contribution in [2.75, 3.05) is 24.7 Å². The van der Waals surface area contributed by atoms with E-state index in [-0.39, 0.29) is 0 Å². The average Bonchev–Trinajstić information content (AvgIpc) is 2.15. The first-order chi connectivity index (χ1) is 7.36.